The van der Waals surface area contributed by atoms with Crippen LogP contribution in [0.3, 0.4) is 0 Å². The van der Waals surface area contributed by atoms with E-state index in [1.807, 2.05) is 0 Å². The zero-order chi connectivity index (χ0) is 5.54. The van der Waals surface area contributed by atoms with Gasteiger partial charge in [0.2, 0.25) is 0 Å². The lowest BCUT2D eigenvalue weighted by Gasteiger charge is -2.05. The average Bonchev–Trinajstić information content (AvgIpc) is 1.27. The molecule has 0 aromatic heterocycles. The van der Waals surface area contributed by atoms with Gasteiger partial charge in [0.05, 0.1) is 6.07 Å². The topological polar surface area (TPSA) is 23.8 Å². The molecule has 0 heterocycles. The summed E-state index contributed by atoms with van der Waals surface area (Å²) >= 11 is 0. The van der Waals surface area contributed by atoms with Gasteiger partial charge in [-0.15, -0.1) is 0 Å². The van der Waals surface area contributed by atoms with Gasteiger partial charge in [-0.3, -0.25) is 0 Å². The third-order valence-electron chi connectivity index (χ3n) is 1.000. The highest BCUT2D eigenvalue weighted by molar-refractivity contribution is 4.51. The number of rotatable bonds is 0. The maximum absolute atomic E-state index is 7.32. The Kier molecular flexibility index (Phi) is 5.09. The highest BCUT2D eigenvalue weighted by Gasteiger charge is 1.95. The summed E-state index contributed by atoms with van der Waals surface area (Å²) < 4.78 is 0. The highest BCUT2D eigenvalue weighted by atomic mass is 14.2. The maximum atomic E-state index is 7.32. The Morgan fingerprint density at radius 1 is 1.14 bits per heavy atom. The van der Waals surface area contributed by atoms with Gasteiger partial charge >= 0.3 is 0 Å². The number of hydrogen-bond acceptors (Lipinski definition) is 1. The van der Waals surface area contributed by atoms with E-state index in [4.69, 9.17) is 5.26 Å². The van der Waals surface area contributed by atoms with Crippen LogP contribution >= 0.6 is 0 Å². The maximum Gasteiger partial charge on any atom is 0.0587 e. The number of nitrogens with zero attached hydrogens (tertiary/aromatic N) is 1. The summed E-state index contributed by atoms with van der Waals surface area (Å²) in [5.74, 6) is 0. The Hall–Kier alpha value is -0.510. The molecule has 1 aliphatic rings. The lowest BCUT2D eigenvalue weighted by molar-refractivity contribution is 0.504. The molecule has 1 nitrogen and oxygen atoms in total. The van der Waals surface area contributed by atoms with E-state index >= 15 is 0 Å². The monoisotopic (exact) mass is 97.1 g/mol. The molecule has 1 rings (SSSR count). The second kappa shape index (κ2) is 5.49. The van der Waals surface area contributed by atoms with Crippen LogP contribution in [0.4, 0.5) is 0 Å². The Morgan fingerprint density at radius 3 is 1.29 bits per heavy atom. The first kappa shape index (κ1) is 6.49. The van der Waals surface area contributed by atoms with Crippen LogP contribution in [0.25, 0.3) is 0 Å². The minimum absolute atomic E-state index is 1.43. The Morgan fingerprint density at radius 2 is 1.29 bits per heavy atom. The van der Waals surface area contributed by atoms with Gasteiger partial charge in [0.15, 0.2) is 0 Å². The van der Waals surface area contributed by atoms with Crippen molar-refractivity contribution in [1.29, 1.82) is 5.26 Å². The summed E-state index contributed by atoms with van der Waals surface area (Å²) in [5, 5.41) is 7.32. The minimum atomic E-state index is 1.43. The van der Waals surface area contributed by atoms with Crippen LogP contribution in [0, 0.1) is 11.3 Å². The third-order valence-corrected chi connectivity index (χ3v) is 1.000. The molecule has 0 radical (unpaired) electrons. The molecule has 0 N–H and O–H groups in total. The van der Waals surface area contributed by atoms with Gasteiger partial charge in [0.1, 0.15) is 0 Å². The SMILES string of the molecule is C1CCC1.CC#N. The molecule has 1 saturated carbocycles. The summed E-state index contributed by atoms with van der Waals surface area (Å²) in [6.45, 7) is 1.43. The van der Waals surface area contributed by atoms with Crippen LogP contribution in [-0.4, -0.2) is 0 Å². The number of nitriles is 1. The minimum Gasteiger partial charge on any atom is -0.199 e. The quantitative estimate of drug-likeness (QED) is 0.454. The van der Waals surface area contributed by atoms with Crippen molar-refractivity contribution in [3.05, 3.63) is 0 Å². The fourth-order valence-corrected chi connectivity index (χ4v) is 0.250. The van der Waals surface area contributed by atoms with E-state index in [2.05, 4.69) is 0 Å². The van der Waals surface area contributed by atoms with Gasteiger partial charge in [-0.25, -0.2) is 0 Å². The zero-order valence-electron chi connectivity index (χ0n) is 4.78. The lowest BCUT2D eigenvalue weighted by atomic mass is 10.0. The second-order valence-corrected chi connectivity index (χ2v) is 1.64. The molecule has 7 heavy (non-hydrogen) atoms. The van der Waals surface area contributed by atoms with Gasteiger partial charge in [0.25, 0.3) is 0 Å². The molecule has 0 atom stereocenters. The summed E-state index contributed by atoms with van der Waals surface area (Å²) in [7, 11) is 0. The van der Waals surface area contributed by atoms with Crippen molar-refractivity contribution in [2.75, 3.05) is 0 Å². The van der Waals surface area contributed by atoms with Crippen LogP contribution in [0.15, 0.2) is 0 Å². The smallest absolute Gasteiger partial charge is 0.0587 e. The van der Waals surface area contributed by atoms with Crippen LogP contribution in [0.5, 0.6) is 0 Å². The number of hydrogen-bond donors (Lipinski definition) is 0. The fraction of sp³-hybridized carbons (Fsp3) is 0.833. The molecular weight excluding hydrogens is 86.1 g/mol. The molecule has 0 bridgehead atoms. The Bertz CT molecular complexity index is 53.1. The first-order valence-corrected chi connectivity index (χ1v) is 2.72. The summed E-state index contributed by atoms with van der Waals surface area (Å²) in [4.78, 5) is 0. The molecular formula is C6H11N. The van der Waals surface area contributed by atoms with E-state index in [1.54, 1.807) is 6.07 Å². The molecule has 0 unspecified atom stereocenters. The van der Waals surface area contributed by atoms with Crippen molar-refractivity contribution >= 4 is 0 Å². The highest BCUT2D eigenvalue weighted by Crippen LogP contribution is 2.15. The third kappa shape index (κ3) is 5.49. The van der Waals surface area contributed by atoms with Crippen molar-refractivity contribution in [2.45, 2.75) is 32.6 Å². The molecule has 0 aromatic carbocycles. The first-order chi connectivity index (χ1) is 3.41. The molecule has 0 aliphatic heterocycles. The molecule has 0 amide bonds. The van der Waals surface area contributed by atoms with Crippen LogP contribution in [0.2, 0.25) is 0 Å². The van der Waals surface area contributed by atoms with Crippen molar-refractivity contribution in [3.63, 3.8) is 0 Å². The molecule has 40 valence electrons. The van der Waals surface area contributed by atoms with Crippen molar-refractivity contribution in [1.82, 2.24) is 0 Å². The van der Waals surface area contributed by atoms with Crippen LogP contribution in [-0.2, 0) is 0 Å². The normalized spacial score (nSPS) is 14.9. The van der Waals surface area contributed by atoms with Gasteiger partial charge < -0.3 is 0 Å². The Balaban J connectivity index is 0.000000110. The molecule has 0 aromatic rings. The van der Waals surface area contributed by atoms with E-state index in [1.165, 1.54) is 32.6 Å². The predicted molar refractivity (Wildman–Crippen MR) is 29.8 cm³/mol. The molecule has 0 saturated heterocycles. The van der Waals surface area contributed by atoms with Gasteiger partial charge in [-0.05, 0) is 0 Å². The predicted octanol–water partition coefficient (Wildman–Crippen LogP) is 2.09. The van der Waals surface area contributed by atoms with Crippen LogP contribution < -0.4 is 0 Å². The molecule has 0 spiro atoms. The second-order valence-electron chi connectivity index (χ2n) is 1.64. The van der Waals surface area contributed by atoms with Crippen molar-refractivity contribution < 1.29 is 0 Å². The standard InChI is InChI=1S/C4H8.C2H3N/c1-2-4-3-1;1-2-3/h1-4H2;1H3. The van der Waals surface area contributed by atoms with Gasteiger partial charge in [0, 0.05) is 6.92 Å². The Labute approximate surface area is 45.0 Å². The van der Waals surface area contributed by atoms with Crippen LogP contribution in [0.1, 0.15) is 32.6 Å². The van der Waals surface area contributed by atoms with Gasteiger partial charge in [-0.1, -0.05) is 25.7 Å². The summed E-state index contributed by atoms with van der Waals surface area (Å²) in [5.41, 5.74) is 0. The van der Waals surface area contributed by atoms with Crippen molar-refractivity contribution in [3.8, 4) is 6.07 Å². The van der Waals surface area contributed by atoms with E-state index in [0.717, 1.165) is 0 Å². The molecule has 1 aliphatic carbocycles. The summed E-state index contributed by atoms with van der Waals surface area (Å²) in [6.07, 6.45) is 6.00. The summed E-state index contributed by atoms with van der Waals surface area (Å²) in [6, 6.07) is 1.75. The van der Waals surface area contributed by atoms with E-state index in [-0.39, 0.29) is 0 Å². The van der Waals surface area contributed by atoms with Gasteiger partial charge in [-0.2, -0.15) is 5.26 Å². The van der Waals surface area contributed by atoms with E-state index in [9.17, 15) is 0 Å². The average molecular weight is 97.2 g/mol. The molecule has 1 heteroatoms. The molecule has 1 fully saturated rings. The first-order valence-electron chi connectivity index (χ1n) is 2.72. The van der Waals surface area contributed by atoms with Crippen molar-refractivity contribution in [2.24, 2.45) is 0 Å². The largest absolute Gasteiger partial charge is 0.199 e. The fourth-order valence-electron chi connectivity index (χ4n) is 0.250. The van der Waals surface area contributed by atoms with E-state index < -0.39 is 0 Å². The lowest BCUT2D eigenvalue weighted by Crippen LogP contribution is -1.85. The van der Waals surface area contributed by atoms with E-state index in [0.29, 0.717) is 0 Å². The zero-order valence-corrected chi connectivity index (χ0v) is 4.78.